The van der Waals surface area contributed by atoms with Crippen molar-refractivity contribution in [2.75, 3.05) is 19.6 Å². The van der Waals surface area contributed by atoms with E-state index >= 15 is 0 Å². The fourth-order valence-corrected chi connectivity index (χ4v) is 2.51. The zero-order valence-corrected chi connectivity index (χ0v) is 14.0. The molecule has 0 fully saturated rings. The fraction of sp³-hybridized carbons (Fsp3) is 0.733. The molecule has 1 aromatic rings. The first-order chi connectivity index (χ1) is 9.61. The van der Waals surface area contributed by atoms with Crippen LogP contribution in [0.25, 0.3) is 0 Å². The second-order valence-corrected chi connectivity index (χ2v) is 6.39. The van der Waals surface area contributed by atoms with Crippen molar-refractivity contribution >= 4 is 17.3 Å². The van der Waals surface area contributed by atoms with Gasteiger partial charge in [0.1, 0.15) is 0 Å². The Balaban J connectivity index is 2.28. The van der Waals surface area contributed by atoms with Crippen molar-refractivity contribution < 1.29 is 0 Å². The summed E-state index contributed by atoms with van der Waals surface area (Å²) in [5, 5.41) is 9.92. The predicted octanol–water partition coefficient (Wildman–Crippen LogP) is 2.99. The number of hydrogen-bond acceptors (Lipinski definition) is 3. The van der Waals surface area contributed by atoms with E-state index in [0.29, 0.717) is 0 Å². The highest BCUT2D eigenvalue weighted by Crippen LogP contribution is 2.07. The van der Waals surface area contributed by atoms with Crippen molar-refractivity contribution in [2.24, 2.45) is 10.9 Å². The molecule has 0 radical (unpaired) electrons. The van der Waals surface area contributed by atoms with Gasteiger partial charge in [-0.1, -0.05) is 13.8 Å². The average molecular weight is 296 g/mol. The summed E-state index contributed by atoms with van der Waals surface area (Å²) in [6.45, 7) is 11.3. The van der Waals surface area contributed by atoms with Crippen molar-refractivity contribution in [2.45, 2.75) is 47.0 Å². The van der Waals surface area contributed by atoms with Gasteiger partial charge in [0.15, 0.2) is 5.96 Å². The number of nitrogens with one attached hydrogen (secondary N) is 2. The Bertz CT molecular complexity index is 398. The molecule has 0 saturated heterocycles. The molecule has 0 amide bonds. The van der Waals surface area contributed by atoms with Crippen LogP contribution in [0, 0.1) is 12.8 Å². The van der Waals surface area contributed by atoms with Gasteiger partial charge in [-0.3, -0.25) is 4.99 Å². The summed E-state index contributed by atoms with van der Waals surface area (Å²) in [5.41, 5.74) is 1.16. The summed E-state index contributed by atoms with van der Waals surface area (Å²) in [4.78, 5) is 9.07. The van der Waals surface area contributed by atoms with Crippen LogP contribution >= 0.6 is 11.3 Å². The number of hydrogen-bond donors (Lipinski definition) is 2. The zero-order chi connectivity index (χ0) is 14.8. The highest BCUT2D eigenvalue weighted by molar-refractivity contribution is 7.09. The molecule has 0 atom stereocenters. The number of nitrogens with zero attached hydrogens (tertiary/aromatic N) is 2. The third kappa shape index (κ3) is 7.48. The maximum absolute atomic E-state index is 4.60. The van der Waals surface area contributed by atoms with E-state index < -0.39 is 0 Å². The van der Waals surface area contributed by atoms with E-state index in [9.17, 15) is 0 Å². The van der Waals surface area contributed by atoms with Crippen LogP contribution < -0.4 is 10.6 Å². The van der Waals surface area contributed by atoms with Crippen LogP contribution in [0.15, 0.2) is 10.4 Å². The Hall–Kier alpha value is -1.10. The van der Waals surface area contributed by atoms with Crippen molar-refractivity contribution in [3.8, 4) is 0 Å². The quantitative estimate of drug-likeness (QED) is 0.440. The van der Waals surface area contributed by atoms with Crippen molar-refractivity contribution in [3.63, 3.8) is 0 Å². The second-order valence-electron chi connectivity index (χ2n) is 5.33. The lowest BCUT2D eigenvalue weighted by Crippen LogP contribution is -2.38. The van der Waals surface area contributed by atoms with Gasteiger partial charge in [0.25, 0.3) is 0 Å². The van der Waals surface area contributed by atoms with Gasteiger partial charge in [0.2, 0.25) is 0 Å². The largest absolute Gasteiger partial charge is 0.357 e. The molecule has 0 aliphatic rings. The first-order valence-electron chi connectivity index (χ1n) is 7.55. The molecule has 0 saturated carbocycles. The summed E-state index contributed by atoms with van der Waals surface area (Å²) in [5.74, 6) is 1.68. The lowest BCUT2D eigenvalue weighted by Gasteiger charge is -2.11. The molecule has 0 aliphatic carbocycles. The Morgan fingerprint density at radius 2 is 2.20 bits per heavy atom. The van der Waals surface area contributed by atoms with Crippen LogP contribution in [0.4, 0.5) is 0 Å². The van der Waals surface area contributed by atoms with Crippen LogP contribution in [-0.4, -0.2) is 30.6 Å². The summed E-state index contributed by atoms with van der Waals surface area (Å²) in [6.07, 6.45) is 3.33. The van der Waals surface area contributed by atoms with Crippen LogP contribution in [0.5, 0.6) is 0 Å². The third-order valence-corrected chi connectivity index (χ3v) is 3.72. The Morgan fingerprint density at radius 1 is 1.40 bits per heavy atom. The lowest BCUT2D eigenvalue weighted by molar-refractivity contribution is 0.560. The van der Waals surface area contributed by atoms with Crippen molar-refractivity contribution in [3.05, 3.63) is 16.1 Å². The van der Waals surface area contributed by atoms with Gasteiger partial charge in [-0.05, 0) is 32.6 Å². The first kappa shape index (κ1) is 17.0. The minimum absolute atomic E-state index is 0.758. The van der Waals surface area contributed by atoms with Crippen molar-refractivity contribution in [1.82, 2.24) is 15.6 Å². The minimum Gasteiger partial charge on any atom is -0.357 e. The summed E-state index contributed by atoms with van der Waals surface area (Å²) >= 11 is 1.71. The number of aryl methyl sites for hydroxylation is 1. The van der Waals surface area contributed by atoms with E-state index in [-0.39, 0.29) is 0 Å². The predicted molar refractivity (Wildman–Crippen MR) is 88.6 cm³/mol. The van der Waals surface area contributed by atoms with Crippen molar-refractivity contribution in [1.29, 1.82) is 0 Å². The average Bonchev–Trinajstić information content (AvgIpc) is 2.80. The molecule has 1 heterocycles. The molecule has 0 aromatic carbocycles. The number of aliphatic imine (C=N–C) groups is 1. The molecule has 20 heavy (non-hydrogen) atoms. The molecule has 2 N–H and O–H groups in total. The Kier molecular flexibility index (Phi) is 8.26. The highest BCUT2D eigenvalue weighted by Gasteiger charge is 2.00. The molecule has 114 valence electrons. The van der Waals surface area contributed by atoms with Gasteiger partial charge in [0, 0.05) is 31.4 Å². The Labute approximate surface area is 127 Å². The molecule has 0 unspecified atom stereocenters. The van der Waals surface area contributed by atoms with E-state index in [0.717, 1.165) is 55.1 Å². The molecule has 1 rings (SSSR count). The summed E-state index contributed by atoms with van der Waals surface area (Å²) in [7, 11) is 0. The maximum atomic E-state index is 4.60. The molecule has 5 heteroatoms. The highest BCUT2D eigenvalue weighted by atomic mass is 32.1. The van der Waals surface area contributed by atoms with Crippen LogP contribution in [0.2, 0.25) is 0 Å². The number of guanidine groups is 1. The van der Waals surface area contributed by atoms with Crippen LogP contribution in [0.1, 0.15) is 44.3 Å². The van der Waals surface area contributed by atoms with Gasteiger partial charge >= 0.3 is 0 Å². The molecular weight excluding hydrogens is 268 g/mol. The smallest absolute Gasteiger partial charge is 0.191 e. The van der Waals surface area contributed by atoms with Gasteiger partial charge in [-0.2, -0.15) is 0 Å². The monoisotopic (exact) mass is 296 g/mol. The number of aromatic nitrogens is 1. The van der Waals surface area contributed by atoms with E-state index in [4.69, 9.17) is 0 Å². The van der Waals surface area contributed by atoms with Crippen LogP contribution in [-0.2, 0) is 6.42 Å². The van der Waals surface area contributed by atoms with E-state index in [1.807, 2.05) is 6.92 Å². The van der Waals surface area contributed by atoms with Gasteiger partial charge in [-0.15, -0.1) is 11.3 Å². The van der Waals surface area contributed by atoms with E-state index in [1.165, 1.54) is 6.42 Å². The molecule has 0 bridgehead atoms. The normalized spacial score (nSPS) is 11.9. The van der Waals surface area contributed by atoms with E-state index in [2.05, 4.69) is 46.8 Å². The second kappa shape index (κ2) is 9.75. The third-order valence-electron chi connectivity index (χ3n) is 2.89. The summed E-state index contributed by atoms with van der Waals surface area (Å²) in [6, 6.07) is 0. The standard InChI is InChI=1S/C15H28N4S/c1-5-16-15(17-9-6-7-12(2)3)18-10-8-14-11-20-13(4)19-14/h11-12H,5-10H2,1-4H3,(H2,16,17,18). The summed E-state index contributed by atoms with van der Waals surface area (Å²) < 4.78 is 0. The Morgan fingerprint density at radius 3 is 2.80 bits per heavy atom. The van der Waals surface area contributed by atoms with Gasteiger partial charge in [0.05, 0.1) is 10.7 Å². The SMILES string of the molecule is CCNC(=NCCCC(C)C)NCCc1csc(C)n1. The molecule has 1 aromatic heterocycles. The van der Waals surface area contributed by atoms with Gasteiger partial charge in [-0.25, -0.2) is 4.98 Å². The van der Waals surface area contributed by atoms with Crippen LogP contribution in [0.3, 0.4) is 0 Å². The topological polar surface area (TPSA) is 49.3 Å². The minimum atomic E-state index is 0.758. The first-order valence-corrected chi connectivity index (χ1v) is 8.43. The van der Waals surface area contributed by atoms with E-state index in [1.54, 1.807) is 11.3 Å². The zero-order valence-electron chi connectivity index (χ0n) is 13.2. The van der Waals surface area contributed by atoms with Gasteiger partial charge < -0.3 is 10.6 Å². The fourth-order valence-electron chi connectivity index (χ4n) is 1.86. The molecule has 0 spiro atoms. The number of rotatable bonds is 8. The molecular formula is C15H28N4S. The number of thiazole rings is 1. The lowest BCUT2D eigenvalue weighted by atomic mass is 10.1. The molecule has 0 aliphatic heterocycles. The molecule has 4 nitrogen and oxygen atoms in total. The maximum Gasteiger partial charge on any atom is 0.191 e.